The SMILES string of the molecule is C1=Cc2ccs[c]2[Sb]([c]2ccccc2)[c]2sccc21. The van der Waals surface area contributed by atoms with Crippen LogP contribution in [-0.4, -0.2) is 20.2 Å². The van der Waals surface area contributed by atoms with Gasteiger partial charge in [0.25, 0.3) is 0 Å². The summed E-state index contributed by atoms with van der Waals surface area (Å²) in [5, 5.41) is 4.49. The zero-order chi connectivity index (χ0) is 12.7. The summed E-state index contributed by atoms with van der Waals surface area (Å²) in [5.41, 5.74) is 2.89. The van der Waals surface area contributed by atoms with Crippen molar-refractivity contribution in [3.05, 3.63) is 64.4 Å². The summed E-state index contributed by atoms with van der Waals surface area (Å²) in [6.45, 7) is 0. The number of hydrogen-bond donors (Lipinski definition) is 0. The van der Waals surface area contributed by atoms with Gasteiger partial charge in [-0.15, -0.1) is 0 Å². The zero-order valence-corrected chi connectivity index (χ0v) is 14.3. The third-order valence-electron chi connectivity index (χ3n) is 3.21. The molecule has 0 radical (unpaired) electrons. The maximum absolute atomic E-state index is 2.32. The van der Waals surface area contributed by atoms with E-state index in [1.165, 1.54) is 11.1 Å². The van der Waals surface area contributed by atoms with Crippen LogP contribution >= 0.6 is 22.7 Å². The Bertz CT molecular complexity index is 693. The second kappa shape index (κ2) is 4.94. The molecule has 92 valence electrons. The molecular weight excluding hydrogens is 378 g/mol. The summed E-state index contributed by atoms with van der Waals surface area (Å²) < 4.78 is 4.86. The predicted octanol–water partition coefficient (Wildman–Crippen LogP) is 2.81. The van der Waals surface area contributed by atoms with Crippen LogP contribution in [0.5, 0.6) is 0 Å². The van der Waals surface area contributed by atoms with Crippen LogP contribution < -0.4 is 9.16 Å². The minimum atomic E-state index is -1.78. The molecule has 0 saturated carbocycles. The molecule has 0 nitrogen and oxygen atoms in total. The Morgan fingerprint density at radius 3 is 1.84 bits per heavy atom. The molecule has 3 aromatic rings. The standard InChI is InChI=1S/C10H6S2.C6H5.Sb/c1(9-3-5-11-7-9)2-10-4-6-12-8-10;1-2-4-6-5-3-1;/h1-6H;1-5H;. The van der Waals surface area contributed by atoms with E-state index < -0.39 is 20.2 Å². The Balaban J connectivity index is 1.99. The van der Waals surface area contributed by atoms with E-state index in [1.54, 1.807) is 9.16 Å². The van der Waals surface area contributed by atoms with E-state index in [0.717, 1.165) is 0 Å². The van der Waals surface area contributed by atoms with Gasteiger partial charge in [0.2, 0.25) is 0 Å². The molecule has 1 aliphatic rings. The van der Waals surface area contributed by atoms with Crippen molar-refractivity contribution in [1.29, 1.82) is 0 Å². The van der Waals surface area contributed by atoms with Gasteiger partial charge in [-0.1, -0.05) is 0 Å². The number of rotatable bonds is 1. The predicted molar refractivity (Wildman–Crippen MR) is 88.7 cm³/mol. The molecule has 1 aromatic carbocycles. The van der Waals surface area contributed by atoms with Crippen LogP contribution in [0.1, 0.15) is 11.1 Å². The van der Waals surface area contributed by atoms with Crippen molar-refractivity contribution in [3.63, 3.8) is 0 Å². The van der Waals surface area contributed by atoms with E-state index in [2.05, 4.69) is 65.4 Å². The molecule has 2 aromatic heterocycles. The zero-order valence-electron chi connectivity index (χ0n) is 10.1. The van der Waals surface area contributed by atoms with Gasteiger partial charge in [0.05, 0.1) is 0 Å². The van der Waals surface area contributed by atoms with Crippen molar-refractivity contribution >= 4 is 64.2 Å². The summed E-state index contributed by atoms with van der Waals surface area (Å²) in [5.74, 6) is 0. The summed E-state index contributed by atoms with van der Waals surface area (Å²) in [6.07, 6.45) is 4.59. The van der Waals surface area contributed by atoms with E-state index in [4.69, 9.17) is 0 Å². The van der Waals surface area contributed by atoms with Crippen molar-refractivity contribution in [2.45, 2.75) is 0 Å². The first kappa shape index (κ1) is 12.0. The quantitative estimate of drug-likeness (QED) is 0.440. The van der Waals surface area contributed by atoms with E-state index in [0.29, 0.717) is 0 Å². The Labute approximate surface area is 128 Å². The fourth-order valence-electron chi connectivity index (χ4n) is 2.32. The first-order valence-corrected chi connectivity index (χ1v) is 11.7. The Hall–Kier alpha value is -0.822. The average molecular weight is 389 g/mol. The Kier molecular flexibility index (Phi) is 3.11. The monoisotopic (exact) mass is 388 g/mol. The maximum atomic E-state index is 2.32. The van der Waals surface area contributed by atoms with E-state index >= 15 is 0 Å². The van der Waals surface area contributed by atoms with Crippen LogP contribution in [0.15, 0.2) is 53.2 Å². The van der Waals surface area contributed by atoms with Gasteiger partial charge in [0.1, 0.15) is 0 Å². The fourth-order valence-corrected chi connectivity index (χ4v) is 15.2. The van der Waals surface area contributed by atoms with E-state index in [9.17, 15) is 0 Å². The summed E-state index contributed by atoms with van der Waals surface area (Å²) >= 11 is 2.11. The van der Waals surface area contributed by atoms with Crippen LogP contribution in [0.25, 0.3) is 12.2 Å². The fraction of sp³-hybridized carbons (Fsp3) is 0. The summed E-state index contributed by atoms with van der Waals surface area (Å²) in [7, 11) is 0. The summed E-state index contributed by atoms with van der Waals surface area (Å²) in [6, 6.07) is 15.7. The van der Waals surface area contributed by atoms with Gasteiger partial charge < -0.3 is 0 Å². The second-order valence-electron chi connectivity index (χ2n) is 4.37. The number of thiophene rings is 2. The molecule has 0 amide bonds. The van der Waals surface area contributed by atoms with Crippen LogP contribution in [0.3, 0.4) is 0 Å². The third-order valence-corrected chi connectivity index (χ3v) is 15.0. The number of benzene rings is 1. The summed E-state index contributed by atoms with van der Waals surface area (Å²) in [4.78, 5) is 0. The van der Waals surface area contributed by atoms with Crippen LogP contribution in [0.2, 0.25) is 0 Å². The molecule has 0 N–H and O–H groups in total. The van der Waals surface area contributed by atoms with Gasteiger partial charge in [-0.3, -0.25) is 0 Å². The van der Waals surface area contributed by atoms with Crippen LogP contribution in [0.4, 0.5) is 0 Å². The van der Waals surface area contributed by atoms with Crippen LogP contribution in [0, 0.1) is 0 Å². The topological polar surface area (TPSA) is 0 Å². The third kappa shape index (κ3) is 2.03. The van der Waals surface area contributed by atoms with E-state index in [-0.39, 0.29) is 0 Å². The number of fused-ring (bicyclic) bond motifs is 2. The van der Waals surface area contributed by atoms with Gasteiger partial charge in [0.15, 0.2) is 0 Å². The average Bonchev–Trinajstić information content (AvgIpc) is 3.07. The molecule has 1 aliphatic heterocycles. The first-order chi connectivity index (χ1) is 9.43. The van der Waals surface area contributed by atoms with Crippen molar-refractivity contribution in [2.24, 2.45) is 0 Å². The molecule has 19 heavy (non-hydrogen) atoms. The number of hydrogen-bond acceptors (Lipinski definition) is 2. The molecule has 0 aliphatic carbocycles. The molecule has 4 rings (SSSR count). The van der Waals surface area contributed by atoms with Crippen LogP contribution in [-0.2, 0) is 0 Å². The second-order valence-corrected chi connectivity index (χ2v) is 13.9. The van der Waals surface area contributed by atoms with Crippen molar-refractivity contribution in [2.75, 3.05) is 0 Å². The first-order valence-electron chi connectivity index (χ1n) is 6.12. The van der Waals surface area contributed by atoms with Gasteiger partial charge >= 0.3 is 129 Å². The molecule has 0 unspecified atom stereocenters. The minimum absolute atomic E-state index is 1.44. The molecule has 0 saturated heterocycles. The van der Waals surface area contributed by atoms with Crippen molar-refractivity contribution < 1.29 is 0 Å². The van der Waals surface area contributed by atoms with E-state index in [1.807, 2.05) is 22.7 Å². The van der Waals surface area contributed by atoms with Gasteiger partial charge in [-0.2, -0.15) is 0 Å². The van der Waals surface area contributed by atoms with Gasteiger partial charge in [-0.25, -0.2) is 0 Å². The molecule has 0 bridgehead atoms. The van der Waals surface area contributed by atoms with Gasteiger partial charge in [0, 0.05) is 0 Å². The van der Waals surface area contributed by atoms with Gasteiger partial charge in [-0.05, 0) is 0 Å². The Morgan fingerprint density at radius 2 is 1.26 bits per heavy atom. The van der Waals surface area contributed by atoms with Crippen molar-refractivity contribution in [3.8, 4) is 0 Å². The molecule has 0 spiro atoms. The molecular formula is C16H11S2Sb. The molecule has 0 fully saturated rings. The molecule has 3 heteroatoms. The Morgan fingerprint density at radius 1 is 0.684 bits per heavy atom. The molecule has 0 atom stereocenters. The van der Waals surface area contributed by atoms with Crippen molar-refractivity contribution in [1.82, 2.24) is 0 Å². The molecule has 3 heterocycles. The normalized spacial score (nSPS) is 13.9.